The summed E-state index contributed by atoms with van der Waals surface area (Å²) in [5.41, 5.74) is 1.53. The van der Waals surface area contributed by atoms with E-state index < -0.39 is 11.8 Å². The Kier molecular flexibility index (Phi) is 4.38. The number of amides is 2. The Hall–Kier alpha value is -2.63. The number of rotatable bonds is 5. The van der Waals surface area contributed by atoms with Crippen molar-refractivity contribution in [2.45, 2.75) is 27.7 Å². The first-order chi connectivity index (χ1) is 12.2. The third-order valence-corrected chi connectivity index (χ3v) is 5.19. The SMILES string of the molecule is COc1ccc2c(c1)C(=O)N(COC(=O)[C@@H]1[C@@H](C=C(C)C)C1(C)C)C2=O. The highest BCUT2D eigenvalue weighted by Gasteiger charge is 2.61. The van der Waals surface area contributed by atoms with E-state index in [1.54, 1.807) is 12.1 Å². The van der Waals surface area contributed by atoms with Crippen LogP contribution in [0.5, 0.6) is 5.75 Å². The maximum atomic E-state index is 12.5. The van der Waals surface area contributed by atoms with Crippen molar-refractivity contribution in [1.82, 2.24) is 4.90 Å². The van der Waals surface area contributed by atoms with Crippen molar-refractivity contribution >= 4 is 17.8 Å². The highest BCUT2D eigenvalue weighted by molar-refractivity contribution is 6.21. The van der Waals surface area contributed by atoms with Gasteiger partial charge in [0.05, 0.1) is 24.2 Å². The normalized spacial score (nSPS) is 22.7. The molecule has 1 aromatic carbocycles. The van der Waals surface area contributed by atoms with Crippen LogP contribution in [-0.2, 0) is 9.53 Å². The van der Waals surface area contributed by atoms with Crippen LogP contribution < -0.4 is 4.74 Å². The van der Waals surface area contributed by atoms with Gasteiger partial charge in [-0.1, -0.05) is 25.5 Å². The van der Waals surface area contributed by atoms with Crippen molar-refractivity contribution in [2.75, 3.05) is 13.8 Å². The van der Waals surface area contributed by atoms with E-state index >= 15 is 0 Å². The molecule has 1 heterocycles. The van der Waals surface area contributed by atoms with Crippen LogP contribution in [0.4, 0.5) is 0 Å². The second-order valence-electron chi connectivity index (χ2n) is 7.61. The van der Waals surface area contributed by atoms with Crippen LogP contribution in [0.25, 0.3) is 0 Å². The molecule has 26 heavy (non-hydrogen) atoms. The maximum Gasteiger partial charge on any atom is 0.311 e. The van der Waals surface area contributed by atoms with Crippen molar-refractivity contribution in [3.8, 4) is 5.75 Å². The largest absolute Gasteiger partial charge is 0.497 e. The second-order valence-corrected chi connectivity index (χ2v) is 7.61. The number of imide groups is 1. The van der Waals surface area contributed by atoms with Gasteiger partial charge in [-0.2, -0.15) is 0 Å². The number of nitrogens with zero attached hydrogens (tertiary/aromatic N) is 1. The van der Waals surface area contributed by atoms with Gasteiger partial charge in [0.2, 0.25) is 0 Å². The molecule has 0 aromatic heterocycles. The van der Waals surface area contributed by atoms with Crippen LogP contribution in [0.2, 0.25) is 0 Å². The Morgan fingerprint density at radius 2 is 1.85 bits per heavy atom. The number of esters is 1. The van der Waals surface area contributed by atoms with Gasteiger partial charge in [0, 0.05) is 0 Å². The predicted octanol–water partition coefficient (Wildman–Crippen LogP) is 3.03. The number of methoxy groups -OCH3 is 1. The molecule has 0 N–H and O–H groups in total. The van der Waals surface area contributed by atoms with E-state index in [0.717, 1.165) is 10.5 Å². The lowest BCUT2D eigenvalue weighted by atomic mass is 10.1. The smallest absolute Gasteiger partial charge is 0.311 e. The van der Waals surface area contributed by atoms with Crippen LogP contribution in [0.3, 0.4) is 0 Å². The molecule has 0 bridgehead atoms. The van der Waals surface area contributed by atoms with Gasteiger partial charge in [0.25, 0.3) is 11.8 Å². The zero-order chi connectivity index (χ0) is 19.2. The molecule has 1 aliphatic carbocycles. The Morgan fingerprint density at radius 3 is 2.46 bits per heavy atom. The first kappa shape index (κ1) is 18.2. The molecular formula is C20H23NO5. The highest BCUT2D eigenvalue weighted by atomic mass is 16.5. The summed E-state index contributed by atoms with van der Waals surface area (Å²) in [6, 6.07) is 4.69. The molecule has 3 rings (SSSR count). The number of allylic oxidation sites excluding steroid dienone is 2. The summed E-state index contributed by atoms with van der Waals surface area (Å²) in [5, 5.41) is 0. The Bertz CT molecular complexity index is 819. The van der Waals surface area contributed by atoms with E-state index in [-0.39, 0.29) is 35.5 Å². The predicted molar refractivity (Wildman–Crippen MR) is 94.6 cm³/mol. The number of carbonyl (C=O) groups excluding carboxylic acids is 3. The summed E-state index contributed by atoms with van der Waals surface area (Å²) in [5.74, 6) is -0.970. The van der Waals surface area contributed by atoms with Gasteiger partial charge >= 0.3 is 5.97 Å². The fourth-order valence-electron chi connectivity index (χ4n) is 3.53. The fraction of sp³-hybridized carbons (Fsp3) is 0.450. The van der Waals surface area contributed by atoms with E-state index in [4.69, 9.17) is 9.47 Å². The number of fused-ring (bicyclic) bond motifs is 1. The Morgan fingerprint density at radius 1 is 1.19 bits per heavy atom. The van der Waals surface area contributed by atoms with Crippen LogP contribution in [0.15, 0.2) is 29.8 Å². The van der Waals surface area contributed by atoms with Crippen molar-refractivity contribution in [1.29, 1.82) is 0 Å². The number of benzene rings is 1. The zero-order valence-corrected chi connectivity index (χ0v) is 15.7. The van der Waals surface area contributed by atoms with Gasteiger partial charge < -0.3 is 9.47 Å². The number of ether oxygens (including phenoxy) is 2. The average molecular weight is 357 g/mol. The monoisotopic (exact) mass is 357 g/mol. The van der Waals surface area contributed by atoms with Gasteiger partial charge in [-0.15, -0.1) is 0 Å². The van der Waals surface area contributed by atoms with Gasteiger partial charge in [0.1, 0.15) is 5.75 Å². The molecule has 2 aliphatic rings. The van der Waals surface area contributed by atoms with Gasteiger partial charge in [-0.25, -0.2) is 4.90 Å². The summed E-state index contributed by atoms with van der Waals surface area (Å²) < 4.78 is 10.4. The van der Waals surface area contributed by atoms with Crippen molar-refractivity contribution in [3.05, 3.63) is 41.0 Å². The number of hydrogen-bond acceptors (Lipinski definition) is 5. The van der Waals surface area contributed by atoms with Crippen molar-refractivity contribution in [2.24, 2.45) is 17.3 Å². The Balaban J connectivity index is 1.68. The molecule has 0 spiro atoms. The summed E-state index contributed by atoms with van der Waals surface area (Å²) in [6.07, 6.45) is 2.07. The lowest BCUT2D eigenvalue weighted by molar-refractivity contribution is -0.148. The molecule has 2 amide bonds. The van der Waals surface area contributed by atoms with Crippen LogP contribution in [0, 0.1) is 17.3 Å². The first-order valence-electron chi connectivity index (χ1n) is 8.54. The molecule has 6 heteroatoms. The molecule has 138 valence electrons. The minimum atomic E-state index is -0.479. The summed E-state index contributed by atoms with van der Waals surface area (Å²) in [4.78, 5) is 38.3. The molecule has 1 fully saturated rings. The first-order valence-corrected chi connectivity index (χ1v) is 8.54. The molecule has 0 saturated heterocycles. The molecule has 0 unspecified atom stereocenters. The minimum absolute atomic E-state index is 0.117. The summed E-state index contributed by atoms with van der Waals surface area (Å²) >= 11 is 0. The molecular weight excluding hydrogens is 334 g/mol. The molecule has 0 radical (unpaired) electrons. The van der Waals surface area contributed by atoms with E-state index in [0.29, 0.717) is 11.3 Å². The summed E-state index contributed by atoms with van der Waals surface area (Å²) in [7, 11) is 1.49. The molecule has 1 saturated carbocycles. The van der Waals surface area contributed by atoms with E-state index in [2.05, 4.69) is 6.08 Å². The lowest BCUT2D eigenvalue weighted by Gasteiger charge is -2.14. The van der Waals surface area contributed by atoms with Crippen molar-refractivity contribution < 1.29 is 23.9 Å². The zero-order valence-electron chi connectivity index (χ0n) is 15.7. The summed E-state index contributed by atoms with van der Waals surface area (Å²) in [6.45, 7) is 7.63. The van der Waals surface area contributed by atoms with Gasteiger partial charge in [-0.05, 0) is 43.4 Å². The van der Waals surface area contributed by atoms with Crippen LogP contribution in [0.1, 0.15) is 48.4 Å². The number of hydrogen-bond donors (Lipinski definition) is 0. The lowest BCUT2D eigenvalue weighted by Crippen LogP contribution is -2.33. The second kappa shape index (κ2) is 6.27. The quantitative estimate of drug-likeness (QED) is 0.460. The standard InChI is InChI=1S/C20H23NO5/c1-11(2)8-15-16(20(15,3)4)19(24)26-10-21-17(22)13-7-6-12(25-5)9-14(13)18(21)23/h6-9,15-16H,10H2,1-5H3/t15-,16+/m1/s1. The van der Waals surface area contributed by atoms with Crippen LogP contribution in [-0.4, -0.2) is 36.5 Å². The van der Waals surface area contributed by atoms with Gasteiger partial charge in [-0.3, -0.25) is 14.4 Å². The molecule has 2 atom stereocenters. The molecule has 6 nitrogen and oxygen atoms in total. The Labute approximate surface area is 152 Å². The third-order valence-electron chi connectivity index (χ3n) is 5.19. The van der Waals surface area contributed by atoms with Gasteiger partial charge in [0.15, 0.2) is 6.73 Å². The van der Waals surface area contributed by atoms with Crippen LogP contribution >= 0.6 is 0 Å². The van der Waals surface area contributed by atoms with Crippen molar-refractivity contribution in [3.63, 3.8) is 0 Å². The maximum absolute atomic E-state index is 12.5. The minimum Gasteiger partial charge on any atom is -0.497 e. The van der Waals surface area contributed by atoms with E-state index in [1.807, 2.05) is 27.7 Å². The van der Waals surface area contributed by atoms with E-state index in [1.165, 1.54) is 13.2 Å². The topological polar surface area (TPSA) is 72.9 Å². The number of carbonyl (C=O) groups is 3. The fourth-order valence-corrected chi connectivity index (χ4v) is 3.53. The highest BCUT2D eigenvalue weighted by Crippen LogP contribution is 2.59. The average Bonchev–Trinajstić information content (AvgIpc) is 3.03. The molecule has 1 aliphatic heterocycles. The van der Waals surface area contributed by atoms with E-state index in [9.17, 15) is 14.4 Å². The third kappa shape index (κ3) is 2.89. The molecule has 1 aromatic rings.